The van der Waals surface area contributed by atoms with Crippen LogP contribution in [0.3, 0.4) is 0 Å². The van der Waals surface area contributed by atoms with Gasteiger partial charge in [0.25, 0.3) is 0 Å². The summed E-state index contributed by atoms with van der Waals surface area (Å²) < 4.78 is 39.3. The van der Waals surface area contributed by atoms with Crippen LogP contribution in [0.2, 0.25) is 0 Å². The zero-order valence-corrected chi connectivity index (χ0v) is 10.6. The minimum Gasteiger partial charge on any atom is -0.258 e. The van der Waals surface area contributed by atoms with Crippen LogP contribution >= 0.6 is 0 Å². The molecule has 0 aliphatic carbocycles. The summed E-state index contributed by atoms with van der Waals surface area (Å²) in [7, 11) is 0. The molecule has 2 nitrogen and oxygen atoms in total. The Labute approximate surface area is 109 Å². The van der Waals surface area contributed by atoms with Crippen LogP contribution in [0.25, 0.3) is 0 Å². The van der Waals surface area contributed by atoms with Crippen LogP contribution in [0.15, 0.2) is 24.5 Å². The predicted molar refractivity (Wildman–Crippen MR) is 65.2 cm³/mol. The van der Waals surface area contributed by atoms with E-state index in [1.165, 1.54) is 6.20 Å². The SMILES string of the molecule is CC(C)c1cnc(Cc2cc(F)c(F)cc2F)cn1. The Bertz CT molecular complexity index is 580. The van der Waals surface area contributed by atoms with E-state index in [2.05, 4.69) is 9.97 Å². The van der Waals surface area contributed by atoms with Gasteiger partial charge in [-0.05, 0) is 17.5 Å². The maximum Gasteiger partial charge on any atom is 0.161 e. The highest BCUT2D eigenvalue weighted by atomic mass is 19.2. The molecule has 2 rings (SSSR count). The fourth-order valence-corrected chi connectivity index (χ4v) is 1.65. The molecule has 19 heavy (non-hydrogen) atoms. The summed E-state index contributed by atoms with van der Waals surface area (Å²) in [6.07, 6.45) is 3.21. The smallest absolute Gasteiger partial charge is 0.161 e. The molecule has 1 heterocycles. The van der Waals surface area contributed by atoms with E-state index in [4.69, 9.17) is 0 Å². The fourth-order valence-electron chi connectivity index (χ4n) is 1.65. The largest absolute Gasteiger partial charge is 0.258 e. The molecule has 0 saturated heterocycles. The van der Waals surface area contributed by atoms with E-state index >= 15 is 0 Å². The summed E-state index contributed by atoms with van der Waals surface area (Å²) >= 11 is 0. The van der Waals surface area contributed by atoms with E-state index in [0.29, 0.717) is 11.8 Å². The Hall–Kier alpha value is -1.91. The van der Waals surface area contributed by atoms with Gasteiger partial charge < -0.3 is 0 Å². The second kappa shape index (κ2) is 5.38. The van der Waals surface area contributed by atoms with Crippen molar-refractivity contribution in [3.8, 4) is 0 Å². The van der Waals surface area contributed by atoms with Gasteiger partial charge in [0.1, 0.15) is 5.82 Å². The minimum atomic E-state index is -1.19. The quantitative estimate of drug-likeness (QED) is 0.793. The average molecular weight is 266 g/mol. The molecular weight excluding hydrogens is 253 g/mol. The highest BCUT2D eigenvalue weighted by molar-refractivity contribution is 5.24. The normalized spacial score (nSPS) is 11.1. The third-order valence-corrected chi connectivity index (χ3v) is 2.78. The molecule has 0 bridgehead atoms. The number of aromatic nitrogens is 2. The number of hydrogen-bond donors (Lipinski definition) is 0. The molecule has 1 aromatic carbocycles. The van der Waals surface area contributed by atoms with Crippen molar-refractivity contribution in [1.82, 2.24) is 9.97 Å². The van der Waals surface area contributed by atoms with Gasteiger partial charge in [0.15, 0.2) is 11.6 Å². The number of nitrogens with zero attached hydrogens (tertiary/aromatic N) is 2. The van der Waals surface area contributed by atoms with E-state index in [9.17, 15) is 13.2 Å². The monoisotopic (exact) mass is 266 g/mol. The summed E-state index contributed by atoms with van der Waals surface area (Å²) in [5.41, 5.74) is 1.40. The molecule has 100 valence electrons. The first-order valence-electron chi connectivity index (χ1n) is 5.91. The molecule has 1 aromatic heterocycles. The van der Waals surface area contributed by atoms with E-state index in [-0.39, 0.29) is 17.9 Å². The maximum atomic E-state index is 13.5. The summed E-state index contributed by atoms with van der Waals surface area (Å²) in [6, 6.07) is 1.39. The van der Waals surface area contributed by atoms with Gasteiger partial charge in [-0.15, -0.1) is 0 Å². The van der Waals surface area contributed by atoms with Crippen LogP contribution in [0.5, 0.6) is 0 Å². The maximum absolute atomic E-state index is 13.5. The lowest BCUT2D eigenvalue weighted by molar-refractivity contribution is 0.491. The number of rotatable bonds is 3. The number of benzene rings is 1. The molecule has 5 heteroatoms. The molecular formula is C14H13F3N2. The van der Waals surface area contributed by atoms with Crippen LogP contribution in [0.4, 0.5) is 13.2 Å². The lowest BCUT2D eigenvalue weighted by Crippen LogP contribution is -2.01. The fraction of sp³-hybridized carbons (Fsp3) is 0.286. The molecule has 0 amide bonds. The van der Waals surface area contributed by atoms with Crippen molar-refractivity contribution in [2.24, 2.45) is 0 Å². The van der Waals surface area contributed by atoms with Gasteiger partial charge in [-0.3, -0.25) is 9.97 Å². The lowest BCUT2D eigenvalue weighted by Gasteiger charge is -2.06. The summed E-state index contributed by atoms with van der Waals surface area (Å²) in [4.78, 5) is 8.33. The first-order valence-corrected chi connectivity index (χ1v) is 5.91. The van der Waals surface area contributed by atoms with Gasteiger partial charge in [0, 0.05) is 24.9 Å². The van der Waals surface area contributed by atoms with Crippen LogP contribution in [0, 0.1) is 17.5 Å². The third kappa shape index (κ3) is 3.10. The number of halogens is 3. The topological polar surface area (TPSA) is 25.8 Å². The zero-order valence-electron chi connectivity index (χ0n) is 10.6. The van der Waals surface area contributed by atoms with Crippen molar-refractivity contribution in [3.63, 3.8) is 0 Å². The van der Waals surface area contributed by atoms with Crippen LogP contribution in [0.1, 0.15) is 36.7 Å². The Balaban J connectivity index is 2.24. The molecule has 0 radical (unpaired) electrons. The van der Waals surface area contributed by atoms with Gasteiger partial charge in [0.2, 0.25) is 0 Å². The van der Waals surface area contributed by atoms with Gasteiger partial charge in [0.05, 0.1) is 11.4 Å². The van der Waals surface area contributed by atoms with E-state index in [1.54, 1.807) is 6.20 Å². The van der Waals surface area contributed by atoms with Crippen LogP contribution in [-0.4, -0.2) is 9.97 Å². The molecule has 2 aromatic rings. The van der Waals surface area contributed by atoms with Crippen molar-refractivity contribution in [2.45, 2.75) is 26.2 Å². The van der Waals surface area contributed by atoms with Gasteiger partial charge in [-0.2, -0.15) is 0 Å². The van der Waals surface area contributed by atoms with Crippen molar-refractivity contribution in [1.29, 1.82) is 0 Å². The number of hydrogen-bond acceptors (Lipinski definition) is 2. The molecule has 0 aliphatic heterocycles. The van der Waals surface area contributed by atoms with E-state index in [1.807, 2.05) is 13.8 Å². The minimum absolute atomic E-state index is 0.0606. The Kier molecular flexibility index (Phi) is 3.83. The standard InChI is InChI=1S/C14H13F3N2/c1-8(2)14-7-18-10(6-19-14)3-9-4-12(16)13(17)5-11(9)15/h4-8H,3H2,1-2H3. The zero-order chi connectivity index (χ0) is 14.0. The molecule has 0 atom stereocenters. The Morgan fingerprint density at radius 3 is 2.21 bits per heavy atom. The van der Waals surface area contributed by atoms with Gasteiger partial charge in [-0.25, -0.2) is 13.2 Å². The van der Waals surface area contributed by atoms with Crippen molar-refractivity contribution >= 4 is 0 Å². The average Bonchev–Trinajstić information content (AvgIpc) is 2.36. The Morgan fingerprint density at radius 2 is 1.63 bits per heavy atom. The van der Waals surface area contributed by atoms with E-state index < -0.39 is 17.5 Å². The summed E-state index contributed by atoms with van der Waals surface area (Å²) in [6.45, 7) is 3.97. The van der Waals surface area contributed by atoms with Crippen LogP contribution in [-0.2, 0) is 6.42 Å². The van der Waals surface area contributed by atoms with Gasteiger partial charge in [-0.1, -0.05) is 13.8 Å². The van der Waals surface area contributed by atoms with E-state index in [0.717, 1.165) is 11.8 Å². The molecule has 0 unspecified atom stereocenters. The summed E-state index contributed by atoms with van der Waals surface area (Å²) in [5.74, 6) is -2.79. The van der Waals surface area contributed by atoms with Crippen molar-refractivity contribution in [2.75, 3.05) is 0 Å². The predicted octanol–water partition coefficient (Wildman–Crippen LogP) is 3.61. The highest BCUT2D eigenvalue weighted by Gasteiger charge is 2.11. The molecule has 0 N–H and O–H groups in total. The van der Waals surface area contributed by atoms with Gasteiger partial charge >= 0.3 is 0 Å². The molecule has 0 fully saturated rings. The molecule has 0 saturated carbocycles. The second-order valence-electron chi connectivity index (χ2n) is 4.62. The second-order valence-corrected chi connectivity index (χ2v) is 4.62. The summed E-state index contributed by atoms with van der Waals surface area (Å²) in [5, 5.41) is 0. The molecule has 0 aliphatic rings. The first-order chi connectivity index (χ1) is 8.97. The highest BCUT2D eigenvalue weighted by Crippen LogP contribution is 2.17. The van der Waals surface area contributed by atoms with Crippen molar-refractivity contribution in [3.05, 3.63) is 58.9 Å². The van der Waals surface area contributed by atoms with Crippen molar-refractivity contribution < 1.29 is 13.2 Å². The van der Waals surface area contributed by atoms with Crippen LogP contribution < -0.4 is 0 Å². The third-order valence-electron chi connectivity index (χ3n) is 2.78. The lowest BCUT2D eigenvalue weighted by atomic mass is 10.1. The molecule has 0 spiro atoms. The first kappa shape index (κ1) is 13.5. The Morgan fingerprint density at radius 1 is 0.947 bits per heavy atom.